The van der Waals surface area contributed by atoms with Gasteiger partial charge in [0, 0.05) is 17.5 Å². The van der Waals surface area contributed by atoms with Crippen molar-refractivity contribution in [2.45, 2.75) is 19.8 Å². The Labute approximate surface area is 131 Å². The van der Waals surface area contributed by atoms with Crippen molar-refractivity contribution in [1.29, 1.82) is 0 Å². The molecule has 0 aliphatic heterocycles. The second-order valence-electron chi connectivity index (χ2n) is 5.25. The van der Waals surface area contributed by atoms with E-state index in [4.69, 9.17) is 0 Å². The molecule has 114 valence electrons. The first-order chi connectivity index (χ1) is 10.7. The molecule has 0 atom stereocenters. The van der Waals surface area contributed by atoms with Crippen molar-refractivity contribution >= 4 is 11.7 Å². The van der Waals surface area contributed by atoms with Crippen LogP contribution >= 0.6 is 0 Å². The molecule has 0 bridgehead atoms. The highest BCUT2D eigenvalue weighted by molar-refractivity contribution is 6.09. The van der Waals surface area contributed by atoms with Crippen LogP contribution in [0.25, 0.3) is 0 Å². The first-order valence-electron chi connectivity index (χ1n) is 7.67. The number of carbonyl (C=O) groups is 1. The molecule has 3 heteroatoms. The lowest BCUT2D eigenvalue weighted by Gasteiger charge is -2.10. The predicted octanol–water partition coefficient (Wildman–Crippen LogP) is 3.42. The highest BCUT2D eigenvalue weighted by Crippen LogP contribution is 2.11. The van der Waals surface area contributed by atoms with Gasteiger partial charge in [-0.2, -0.15) is 0 Å². The molecule has 0 aliphatic carbocycles. The van der Waals surface area contributed by atoms with Crippen LogP contribution < -0.4 is 0 Å². The molecule has 0 radical (unpaired) electrons. The lowest BCUT2D eigenvalue weighted by Crippen LogP contribution is -2.29. The van der Waals surface area contributed by atoms with E-state index < -0.39 is 5.97 Å². The summed E-state index contributed by atoms with van der Waals surface area (Å²) in [7, 11) is 0. The Bertz CT molecular complexity index is 591. The van der Waals surface area contributed by atoms with Gasteiger partial charge in [-0.15, -0.1) is 0 Å². The van der Waals surface area contributed by atoms with E-state index in [1.54, 1.807) is 0 Å². The number of unbranched alkanes of at least 4 members (excludes halogenated alkanes) is 1. The van der Waals surface area contributed by atoms with Crippen LogP contribution in [-0.4, -0.2) is 34.5 Å². The summed E-state index contributed by atoms with van der Waals surface area (Å²) >= 11 is 0. The highest BCUT2D eigenvalue weighted by atomic mass is 16.4. The fourth-order valence-electron chi connectivity index (χ4n) is 2.51. The van der Waals surface area contributed by atoms with Gasteiger partial charge in [0.25, 0.3) is 0 Å². The smallest absolute Gasteiger partial charge is 0.369 e. The van der Waals surface area contributed by atoms with Gasteiger partial charge in [-0.3, -0.25) is 0 Å². The van der Waals surface area contributed by atoms with Gasteiger partial charge in [-0.05, 0) is 24.3 Å². The van der Waals surface area contributed by atoms with Crippen LogP contribution in [0.1, 0.15) is 30.9 Å². The predicted molar refractivity (Wildman–Crippen MR) is 88.6 cm³/mol. The zero-order valence-electron chi connectivity index (χ0n) is 12.9. The second kappa shape index (κ2) is 8.13. The Morgan fingerprint density at radius 3 is 1.86 bits per heavy atom. The number of hydrogen-bond donors (Lipinski definition) is 1. The Morgan fingerprint density at radius 2 is 1.45 bits per heavy atom. The molecule has 0 aliphatic rings. The van der Waals surface area contributed by atoms with Gasteiger partial charge in [0.05, 0.1) is 0 Å². The van der Waals surface area contributed by atoms with E-state index in [1.807, 2.05) is 65.2 Å². The summed E-state index contributed by atoms with van der Waals surface area (Å²) in [5.74, 6) is -0.805. The van der Waals surface area contributed by atoms with E-state index >= 15 is 0 Å². The van der Waals surface area contributed by atoms with Crippen molar-refractivity contribution < 1.29 is 14.5 Å². The molecule has 0 saturated carbocycles. The maximum atomic E-state index is 11.3. The van der Waals surface area contributed by atoms with Crippen LogP contribution in [0.3, 0.4) is 0 Å². The second-order valence-corrected chi connectivity index (χ2v) is 5.25. The number of rotatable bonds is 7. The lowest BCUT2D eigenvalue weighted by molar-refractivity contribution is -0.518. The Hall–Kier alpha value is -2.42. The average Bonchev–Trinajstić information content (AvgIpc) is 2.54. The SMILES string of the molecule is CCCC[N+](CC(=O)O)=C(c1ccccc1)c1ccccc1. The molecule has 0 aromatic heterocycles. The molecule has 2 rings (SSSR count). The Balaban J connectivity index is 2.57. The molecule has 2 aromatic rings. The minimum Gasteiger partial charge on any atom is -0.477 e. The average molecular weight is 296 g/mol. The Morgan fingerprint density at radius 1 is 0.955 bits per heavy atom. The first-order valence-corrected chi connectivity index (χ1v) is 7.67. The quantitative estimate of drug-likeness (QED) is 0.628. The van der Waals surface area contributed by atoms with E-state index in [9.17, 15) is 9.90 Å². The third-order valence-electron chi connectivity index (χ3n) is 3.52. The van der Waals surface area contributed by atoms with Crippen molar-refractivity contribution in [2.24, 2.45) is 0 Å². The summed E-state index contributed by atoms with van der Waals surface area (Å²) in [6, 6.07) is 20.0. The fourth-order valence-corrected chi connectivity index (χ4v) is 2.51. The topological polar surface area (TPSA) is 40.3 Å². The molecule has 0 unspecified atom stereocenters. The van der Waals surface area contributed by atoms with Gasteiger partial charge in [-0.1, -0.05) is 49.7 Å². The number of aliphatic carboxylic acids is 1. The van der Waals surface area contributed by atoms with Gasteiger partial charge in [0.15, 0.2) is 0 Å². The molecular weight excluding hydrogens is 274 g/mol. The van der Waals surface area contributed by atoms with Crippen LogP contribution in [0.15, 0.2) is 60.7 Å². The van der Waals surface area contributed by atoms with E-state index in [2.05, 4.69) is 6.92 Å². The van der Waals surface area contributed by atoms with E-state index in [0.717, 1.165) is 36.2 Å². The molecule has 2 aromatic carbocycles. The largest absolute Gasteiger partial charge is 0.477 e. The molecule has 1 N–H and O–H groups in total. The minimum absolute atomic E-state index is 0.0130. The third-order valence-corrected chi connectivity index (χ3v) is 3.52. The zero-order chi connectivity index (χ0) is 15.8. The zero-order valence-corrected chi connectivity index (χ0v) is 12.9. The standard InChI is InChI=1S/C19H21NO2/c1-2-3-14-20(15-18(21)22)19(16-10-6-4-7-11-16)17-12-8-5-9-13-17/h4-13H,2-3,14-15H2,1H3/p+1. The van der Waals surface area contributed by atoms with E-state index in [0.29, 0.717) is 0 Å². The molecule has 3 nitrogen and oxygen atoms in total. The molecule has 0 saturated heterocycles. The molecule has 0 heterocycles. The summed E-state index contributed by atoms with van der Waals surface area (Å²) in [6.45, 7) is 2.87. The van der Waals surface area contributed by atoms with Crippen molar-refractivity contribution in [1.82, 2.24) is 0 Å². The van der Waals surface area contributed by atoms with Gasteiger partial charge in [0.2, 0.25) is 12.3 Å². The summed E-state index contributed by atoms with van der Waals surface area (Å²) < 4.78 is 1.97. The van der Waals surface area contributed by atoms with Crippen LogP contribution in [-0.2, 0) is 4.79 Å². The number of hydrogen-bond acceptors (Lipinski definition) is 1. The van der Waals surface area contributed by atoms with Crippen LogP contribution in [0.5, 0.6) is 0 Å². The maximum absolute atomic E-state index is 11.3. The molecular formula is C19H22NO2+. The van der Waals surface area contributed by atoms with E-state index in [1.165, 1.54) is 0 Å². The van der Waals surface area contributed by atoms with Crippen molar-refractivity contribution in [2.75, 3.05) is 13.1 Å². The number of nitrogens with zero attached hydrogens (tertiary/aromatic N) is 1. The van der Waals surface area contributed by atoms with Gasteiger partial charge >= 0.3 is 5.97 Å². The van der Waals surface area contributed by atoms with E-state index in [-0.39, 0.29) is 6.54 Å². The summed E-state index contributed by atoms with van der Waals surface area (Å²) in [5, 5.41) is 9.27. The van der Waals surface area contributed by atoms with Gasteiger partial charge in [-0.25, -0.2) is 9.37 Å². The number of benzene rings is 2. The van der Waals surface area contributed by atoms with Crippen LogP contribution in [0.2, 0.25) is 0 Å². The van der Waals surface area contributed by atoms with Crippen molar-refractivity contribution in [3.8, 4) is 0 Å². The van der Waals surface area contributed by atoms with Gasteiger partial charge in [0.1, 0.15) is 6.54 Å². The first kappa shape index (κ1) is 16.0. The normalized spacial score (nSPS) is 10.2. The number of carboxylic acids is 1. The van der Waals surface area contributed by atoms with Crippen molar-refractivity contribution in [3.05, 3.63) is 71.8 Å². The summed E-state index contributed by atoms with van der Waals surface area (Å²) in [4.78, 5) is 11.3. The fraction of sp³-hybridized carbons (Fsp3) is 0.263. The molecule has 22 heavy (non-hydrogen) atoms. The monoisotopic (exact) mass is 296 g/mol. The highest BCUT2D eigenvalue weighted by Gasteiger charge is 2.21. The molecule has 0 fully saturated rings. The van der Waals surface area contributed by atoms with Crippen LogP contribution in [0.4, 0.5) is 0 Å². The third kappa shape index (κ3) is 4.29. The van der Waals surface area contributed by atoms with Crippen LogP contribution in [0, 0.1) is 0 Å². The Kier molecular flexibility index (Phi) is 5.90. The molecule has 0 spiro atoms. The lowest BCUT2D eigenvalue weighted by atomic mass is 10.0. The summed E-state index contributed by atoms with van der Waals surface area (Å²) in [5.41, 5.74) is 3.08. The minimum atomic E-state index is -0.805. The molecule has 0 amide bonds. The van der Waals surface area contributed by atoms with Crippen molar-refractivity contribution in [3.63, 3.8) is 0 Å². The van der Waals surface area contributed by atoms with Gasteiger partial charge < -0.3 is 5.11 Å². The maximum Gasteiger partial charge on any atom is 0.369 e. The summed E-state index contributed by atoms with van der Waals surface area (Å²) in [6.07, 6.45) is 2.00. The number of carboxylic acid groups (broad SMARTS) is 1.